The van der Waals surface area contributed by atoms with Crippen LogP contribution in [0.15, 0.2) is 72.5 Å². The van der Waals surface area contributed by atoms with Crippen molar-refractivity contribution in [3.05, 3.63) is 83.1 Å². The molecule has 0 radical (unpaired) electrons. The lowest BCUT2D eigenvalue weighted by Crippen LogP contribution is -2.34. The van der Waals surface area contributed by atoms with Gasteiger partial charge in [-0.05, 0) is 30.2 Å². The number of ether oxygens (including phenoxy) is 1. The maximum atomic E-state index is 12.6. The fraction of sp³-hybridized carbons (Fsp3) is 0.200. The lowest BCUT2D eigenvalue weighted by molar-refractivity contribution is -0.138. The molecule has 0 spiro atoms. The summed E-state index contributed by atoms with van der Waals surface area (Å²) < 4.78 is 5.41. The van der Waals surface area contributed by atoms with E-state index in [1.54, 1.807) is 37.3 Å². The highest BCUT2D eigenvalue weighted by atomic mass is 35.5. The number of nitrogens with one attached hydrogen (secondary N) is 1. The highest BCUT2D eigenvalue weighted by molar-refractivity contribution is 6.30. The summed E-state index contributed by atoms with van der Waals surface area (Å²) in [4.78, 5) is 24.6. The van der Waals surface area contributed by atoms with E-state index < -0.39 is 5.97 Å². The van der Waals surface area contributed by atoms with Crippen molar-refractivity contribution in [1.82, 2.24) is 5.32 Å². The van der Waals surface area contributed by atoms with Crippen LogP contribution in [0, 0.1) is 0 Å². The highest BCUT2D eigenvalue weighted by Gasteiger charge is 2.32. The molecular formula is C20H20ClNO3. The average molecular weight is 358 g/mol. The molecule has 5 heteroatoms. The molecule has 0 saturated heterocycles. The molecule has 1 heterocycles. The van der Waals surface area contributed by atoms with Crippen LogP contribution in [0.5, 0.6) is 0 Å². The van der Waals surface area contributed by atoms with Crippen molar-refractivity contribution in [2.75, 3.05) is 6.61 Å². The van der Waals surface area contributed by atoms with Crippen LogP contribution < -0.4 is 5.32 Å². The van der Waals surface area contributed by atoms with Crippen LogP contribution >= 0.6 is 11.6 Å². The molecule has 1 amide bonds. The van der Waals surface area contributed by atoms with E-state index in [9.17, 15) is 9.59 Å². The van der Waals surface area contributed by atoms with Crippen molar-refractivity contribution in [2.24, 2.45) is 0 Å². The molecule has 25 heavy (non-hydrogen) atoms. The normalized spacial score (nSPS) is 17.8. The van der Waals surface area contributed by atoms with Gasteiger partial charge in [0, 0.05) is 23.1 Å². The molecular weight excluding hydrogens is 338 g/mol. The van der Waals surface area contributed by atoms with Crippen LogP contribution in [0.4, 0.5) is 0 Å². The predicted molar refractivity (Wildman–Crippen MR) is 99.1 cm³/mol. The standard InChI is InChI=1S/C20H20ClNO3/c1-4-6-14(5-2)12-25-20(24)19-13(3)22-18(23)11-17(19)15-7-9-16(21)10-8-15/h4-10,17H,1-2,11-12H2,3H3,(H,22,23)/b14-6+. The van der Waals surface area contributed by atoms with Gasteiger partial charge in [-0.2, -0.15) is 0 Å². The monoisotopic (exact) mass is 357 g/mol. The van der Waals surface area contributed by atoms with Gasteiger partial charge >= 0.3 is 5.97 Å². The third-order valence-electron chi connectivity index (χ3n) is 3.93. The van der Waals surface area contributed by atoms with Crippen molar-refractivity contribution in [2.45, 2.75) is 19.3 Å². The molecule has 0 saturated carbocycles. The van der Waals surface area contributed by atoms with Gasteiger partial charge in [-0.15, -0.1) is 0 Å². The highest BCUT2D eigenvalue weighted by Crippen LogP contribution is 2.34. The van der Waals surface area contributed by atoms with Gasteiger partial charge in [0.05, 0.1) is 5.57 Å². The van der Waals surface area contributed by atoms with Crippen molar-refractivity contribution in [1.29, 1.82) is 0 Å². The Bertz CT molecular complexity index is 760. The number of allylic oxidation sites excluding steroid dienone is 3. The molecule has 1 aliphatic heterocycles. The summed E-state index contributed by atoms with van der Waals surface area (Å²) in [6, 6.07) is 7.12. The maximum Gasteiger partial charge on any atom is 0.336 e. The fourth-order valence-corrected chi connectivity index (χ4v) is 2.83. The molecule has 130 valence electrons. The van der Waals surface area contributed by atoms with E-state index in [0.29, 0.717) is 16.3 Å². The second-order valence-corrected chi connectivity index (χ2v) is 6.09. The van der Waals surface area contributed by atoms with E-state index in [1.807, 2.05) is 12.1 Å². The molecule has 1 aliphatic rings. The smallest absolute Gasteiger partial charge is 0.336 e. The Kier molecular flexibility index (Phi) is 6.37. The third kappa shape index (κ3) is 4.70. The lowest BCUT2D eigenvalue weighted by Gasteiger charge is -2.26. The van der Waals surface area contributed by atoms with Crippen molar-refractivity contribution < 1.29 is 14.3 Å². The van der Waals surface area contributed by atoms with Crippen LogP contribution in [0.3, 0.4) is 0 Å². The zero-order chi connectivity index (χ0) is 18.4. The van der Waals surface area contributed by atoms with Gasteiger partial charge in [0.2, 0.25) is 5.91 Å². The SMILES string of the molecule is C=C/C=C(\C=C)COC(=O)C1=C(C)NC(=O)CC1c1ccc(Cl)cc1. The topological polar surface area (TPSA) is 55.4 Å². The second-order valence-electron chi connectivity index (χ2n) is 5.65. The first kappa shape index (κ1) is 18.7. The molecule has 1 atom stereocenters. The van der Waals surface area contributed by atoms with Gasteiger partial charge in [0.1, 0.15) is 6.61 Å². The van der Waals surface area contributed by atoms with E-state index >= 15 is 0 Å². The zero-order valence-corrected chi connectivity index (χ0v) is 14.8. The number of esters is 1. The van der Waals surface area contributed by atoms with Crippen molar-refractivity contribution in [3.8, 4) is 0 Å². The average Bonchev–Trinajstić information content (AvgIpc) is 2.58. The second kappa shape index (κ2) is 8.49. The summed E-state index contributed by atoms with van der Waals surface area (Å²) >= 11 is 5.93. The van der Waals surface area contributed by atoms with Gasteiger partial charge in [0.25, 0.3) is 0 Å². The number of hydrogen-bond donors (Lipinski definition) is 1. The number of carbonyl (C=O) groups is 2. The zero-order valence-electron chi connectivity index (χ0n) is 14.0. The largest absolute Gasteiger partial charge is 0.457 e. The van der Waals surface area contributed by atoms with Crippen molar-refractivity contribution >= 4 is 23.5 Å². The Morgan fingerprint density at radius 3 is 2.64 bits per heavy atom. The molecule has 0 fully saturated rings. The summed E-state index contributed by atoms with van der Waals surface area (Å²) in [7, 11) is 0. The van der Waals surface area contributed by atoms with Crippen LogP contribution in [-0.2, 0) is 14.3 Å². The van der Waals surface area contributed by atoms with E-state index in [2.05, 4.69) is 18.5 Å². The quantitative estimate of drug-likeness (QED) is 0.617. The third-order valence-corrected chi connectivity index (χ3v) is 4.18. The first-order valence-corrected chi connectivity index (χ1v) is 8.21. The number of halogens is 1. The minimum Gasteiger partial charge on any atom is -0.457 e. The number of benzene rings is 1. The summed E-state index contributed by atoms with van der Waals surface area (Å²) in [6.45, 7) is 9.08. The lowest BCUT2D eigenvalue weighted by atomic mass is 9.84. The molecule has 0 bridgehead atoms. The van der Waals surface area contributed by atoms with Crippen LogP contribution in [-0.4, -0.2) is 18.5 Å². The van der Waals surface area contributed by atoms with E-state index in [-0.39, 0.29) is 24.9 Å². The van der Waals surface area contributed by atoms with E-state index in [1.165, 1.54) is 0 Å². The van der Waals surface area contributed by atoms with Gasteiger partial charge in [-0.25, -0.2) is 4.79 Å². The van der Waals surface area contributed by atoms with Gasteiger partial charge < -0.3 is 10.1 Å². The van der Waals surface area contributed by atoms with Crippen LogP contribution in [0.25, 0.3) is 0 Å². The van der Waals surface area contributed by atoms with Crippen LogP contribution in [0.2, 0.25) is 5.02 Å². The van der Waals surface area contributed by atoms with Crippen molar-refractivity contribution in [3.63, 3.8) is 0 Å². The predicted octanol–water partition coefficient (Wildman–Crippen LogP) is 4.06. The Morgan fingerprint density at radius 1 is 1.36 bits per heavy atom. The maximum absolute atomic E-state index is 12.6. The minimum atomic E-state index is -0.464. The summed E-state index contributed by atoms with van der Waals surface area (Å²) in [6.07, 6.45) is 5.11. The first-order chi connectivity index (χ1) is 12.0. The van der Waals surface area contributed by atoms with E-state index in [0.717, 1.165) is 11.1 Å². The minimum absolute atomic E-state index is 0.0897. The van der Waals surface area contributed by atoms with Crippen LogP contribution in [0.1, 0.15) is 24.8 Å². The Hall–Kier alpha value is -2.59. The fourth-order valence-electron chi connectivity index (χ4n) is 2.70. The summed E-state index contributed by atoms with van der Waals surface area (Å²) in [5, 5.41) is 3.31. The van der Waals surface area contributed by atoms with Gasteiger partial charge in [-0.1, -0.05) is 55.1 Å². The number of hydrogen-bond acceptors (Lipinski definition) is 3. The molecule has 0 aromatic heterocycles. The Labute approximate surface area is 152 Å². The first-order valence-electron chi connectivity index (χ1n) is 7.83. The molecule has 1 N–H and O–H groups in total. The number of rotatable bonds is 6. The Morgan fingerprint density at radius 2 is 2.04 bits per heavy atom. The van der Waals surface area contributed by atoms with Gasteiger partial charge in [0.15, 0.2) is 0 Å². The number of amides is 1. The summed E-state index contributed by atoms with van der Waals surface area (Å²) in [5.41, 5.74) is 2.54. The Balaban J connectivity index is 2.28. The molecule has 1 aromatic carbocycles. The summed E-state index contributed by atoms with van der Waals surface area (Å²) in [5.74, 6) is -0.962. The molecule has 0 aliphatic carbocycles. The van der Waals surface area contributed by atoms with Gasteiger partial charge in [-0.3, -0.25) is 4.79 Å². The van der Waals surface area contributed by atoms with E-state index in [4.69, 9.17) is 16.3 Å². The number of carbonyl (C=O) groups excluding carboxylic acids is 2. The molecule has 1 aromatic rings. The molecule has 2 rings (SSSR count). The molecule has 1 unspecified atom stereocenters. The molecule has 4 nitrogen and oxygen atoms in total.